The third kappa shape index (κ3) is 3.03. The van der Waals surface area contributed by atoms with Crippen LogP contribution in [0.15, 0.2) is 12.1 Å². The lowest BCUT2D eigenvalue weighted by Crippen LogP contribution is -2.31. The van der Waals surface area contributed by atoms with Crippen molar-refractivity contribution in [2.45, 2.75) is 45.1 Å². The zero-order valence-corrected chi connectivity index (χ0v) is 12.0. The van der Waals surface area contributed by atoms with Gasteiger partial charge in [-0.15, -0.1) is 0 Å². The van der Waals surface area contributed by atoms with Gasteiger partial charge in [0.15, 0.2) is 0 Å². The first-order valence-electron chi connectivity index (χ1n) is 6.99. The molecule has 1 aromatic rings. The summed E-state index contributed by atoms with van der Waals surface area (Å²) in [7, 11) is 0. The number of nitrogen functional groups attached to an aromatic ring is 1. The third-order valence-electron chi connectivity index (χ3n) is 3.78. The van der Waals surface area contributed by atoms with Crippen LogP contribution in [0.3, 0.4) is 0 Å². The number of hydrogen-bond acceptors (Lipinski definition) is 4. The molecule has 20 heavy (non-hydrogen) atoms. The zero-order valence-electron chi connectivity index (χ0n) is 12.0. The average molecular weight is 280 g/mol. The molecule has 0 aliphatic heterocycles. The van der Waals surface area contributed by atoms with E-state index in [9.17, 15) is 9.18 Å². The van der Waals surface area contributed by atoms with Gasteiger partial charge in [0.25, 0.3) is 0 Å². The molecular weight excluding hydrogens is 259 g/mol. The van der Waals surface area contributed by atoms with E-state index in [0.29, 0.717) is 5.69 Å². The lowest BCUT2D eigenvalue weighted by Gasteiger charge is -2.27. The number of benzene rings is 1. The molecule has 0 atom stereocenters. The summed E-state index contributed by atoms with van der Waals surface area (Å²) in [6.45, 7) is 4.05. The minimum absolute atomic E-state index is 0.100. The van der Waals surface area contributed by atoms with Crippen LogP contribution in [0.1, 0.15) is 49.9 Å². The topological polar surface area (TPSA) is 64.3 Å². The van der Waals surface area contributed by atoms with Crippen LogP contribution in [-0.2, 0) is 4.74 Å². The number of esters is 1. The molecule has 0 heterocycles. The Morgan fingerprint density at radius 3 is 2.70 bits per heavy atom. The van der Waals surface area contributed by atoms with Crippen molar-refractivity contribution < 1.29 is 13.9 Å². The molecule has 5 heteroatoms. The van der Waals surface area contributed by atoms with Crippen LogP contribution in [0, 0.1) is 5.82 Å². The molecule has 1 aliphatic rings. The van der Waals surface area contributed by atoms with E-state index in [1.165, 1.54) is 12.1 Å². The predicted octanol–water partition coefficient (Wildman–Crippen LogP) is 3.33. The predicted molar refractivity (Wildman–Crippen MR) is 77.3 cm³/mol. The molecular formula is C15H21FN2O2. The summed E-state index contributed by atoms with van der Waals surface area (Å²) in [5.74, 6) is -0.965. The lowest BCUT2D eigenvalue weighted by molar-refractivity contribution is 0.0527. The first-order chi connectivity index (χ1) is 9.45. The van der Waals surface area contributed by atoms with Gasteiger partial charge in [-0.2, -0.15) is 0 Å². The van der Waals surface area contributed by atoms with Crippen molar-refractivity contribution >= 4 is 17.3 Å². The maximum Gasteiger partial charge on any atom is 0.340 e. The summed E-state index contributed by atoms with van der Waals surface area (Å²) in [4.78, 5) is 11.8. The largest absolute Gasteiger partial charge is 0.462 e. The summed E-state index contributed by atoms with van der Waals surface area (Å²) in [5, 5.41) is 3.21. The van der Waals surface area contributed by atoms with E-state index >= 15 is 0 Å². The van der Waals surface area contributed by atoms with E-state index in [2.05, 4.69) is 12.2 Å². The molecule has 1 saturated carbocycles. The first kappa shape index (κ1) is 14.6. The maximum absolute atomic E-state index is 14.0. The van der Waals surface area contributed by atoms with Gasteiger partial charge in [-0.05, 0) is 38.8 Å². The molecule has 0 radical (unpaired) electrons. The van der Waals surface area contributed by atoms with Crippen molar-refractivity contribution in [1.29, 1.82) is 0 Å². The van der Waals surface area contributed by atoms with Gasteiger partial charge in [-0.25, -0.2) is 9.18 Å². The van der Waals surface area contributed by atoms with E-state index in [4.69, 9.17) is 10.5 Å². The standard InChI is InChI=1S/C15H21FN2O2/c1-3-20-14(19)10-8-13(11(16)9-12(10)17)18-15(2)6-4-5-7-15/h8-9,18H,3-7,17H2,1-2H3. The van der Waals surface area contributed by atoms with Gasteiger partial charge in [0.1, 0.15) is 5.82 Å². The van der Waals surface area contributed by atoms with Gasteiger partial charge in [-0.1, -0.05) is 12.8 Å². The number of anilines is 2. The van der Waals surface area contributed by atoms with E-state index in [1.54, 1.807) is 6.92 Å². The fraction of sp³-hybridized carbons (Fsp3) is 0.533. The van der Waals surface area contributed by atoms with Crippen molar-refractivity contribution in [3.05, 3.63) is 23.5 Å². The molecule has 4 nitrogen and oxygen atoms in total. The van der Waals surface area contributed by atoms with Gasteiger partial charge in [0, 0.05) is 11.2 Å². The third-order valence-corrected chi connectivity index (χ3v) is 3.78. The van der Waals surface area contributed by atoms with Crippen molar-refractivity contribution in [3.63, 3.8) is 0 Å². The number of hydrogen-bond donors (Lipinski definition) is 2. The quantitative estimate of drug-likeness (QED) is 0.656. The Balaban J connectivity index is 2.28. The SMILES string of the molecule is CCOC(=O)c1cc(NC2(C)CCCC2)c(F)cc1N. The number of ether oxygens (including phenoxy) is 1. The second-order valence-corrected chi connectivity index (χ2v) is 5.53. The second kappa shape index (κ2) is 5.69. The van der Waals surface area contributed by atoms with Gasteiger partial charge in [-0.3, -0.25) is 0 Å². The fourth-order valence-electron chi connectivity index (χ4n) is 2.68. The minimum Gasteiger partial charge on any atom is -0.462 e. The van der Waals surface area contributed by atoms with Gasteiger partial charge in [0.2, 0.25) is 0 Å². The smallest absolute Gasteiger partial charge is 0.340 e. The van der Waals surface area contributed by atoms with Gasteiger partial charge < -0.3 is 15.8 Å². The summed E-state index contributed by atoms with van der Waals surface area (Å²) in [5.41, 5.74) is 6.19. The van der Waals surface area contributed by atoms with Crippen LogP contribution in [-0.4, -0.2) is 18.1 Å². The Kier molecular flexibility index (Phi) is 4.16. The highest BCUT2D eigenvalue weighted by atomic mass is 19.1. The number of nitrogens with one attached hydrogen (secondary N) is 1. The number of rotatable bonds is 4. The molecule has 0 bridgehead atoms. The lowest BCUT2D eigenvalue weighted by atomic mass is 9.99. The van der Waals surface area contributed by atoms with E-state index in [-0.39, 0.29) is 23.4 Å². The van der Waals surface area contributed by atoms with Crippen molar-refractivity contribution in [1.82, 2.24) is 0 Å². The number of carbonyl (C=O) groups is 1. The molecule has 1 fully saturated rings. The Hall–Kier alpha value is -1.78. The number of nitrogens with two attached hydrogens (primary N) is 1. The normalized spacial score (nSPS) is 16.9. The Morgan fingerprint density at radius 2 is 2.10 bits per heavy atom. The second-order valence-electron chi connectivity index (χ2n) is 5.53. The number of halogens is 1. The average Bonchev–Trinajstić information content (AvgIpc) is 2.80. The molecule has 3 N–H and O–H groups in total. The van der Waals surface area contributed by atoms with Crippen LogP contribution < -0.4 is 11.1 Å². The molecule has 2 rings (SSSR count). The molecule has 110 valence electrons. The van der Waals surface area contributed by atoms with Crippen molar-refractivity contribution in [2.24, 2.45) is 0 Å². The zero-order chi connectivity index (χ0) is 14.8. The molecule has 0 saturated heterocycles. The monoisotopic (exact) mass is 280 g/mol. The van der Waals surface area contributed by atoms with E-state index < -0.39 is 11.8 Å². The molecule has 0 amide bonds. The summed E-state index contributed by atoms with van der Waals surface area (Å²) < 4.78 is 18.9. The van der Waals surface area contributed by atoms with Crippen LogP contribution in [0.4, 0.5) is 15.8 Å². The highest BCUT2D eigenvalue weighted by molar-refractivity contribution is 5.96. The number of carbonyl (C=O) groups excluding carboxylic acids is 1. The van der Waals surface area contributed by atoms with Crippen LogP contribution in [0.25, 0.3) is 0 Å². The van der Waals surface area contributed by atoms with Gasteiger partial charge in [0.05, 0.1) is 17.9 Å². The summed E-state index contributed by atoms with van der Waals surface area (Å²) in [6, 6.07) is 2.62. The minimum atomic E-state index is -0.523. The van der Waals surface area contributed by atoms with Crippen LogP contribution >= 0.6 is 0 Å². The molecule has 1 aliphatic carbocycles. The van der Waals surface area contributed by atoms with Crippen molar-refractivity contribution in [2.75, 3.05) is 17.7 Å². The Morgan fingerprint density at radius 1 is 1.45 bits per heavy atom. The molecule has 1 aromatic carbocycles. The highest BCUT2D eigenvalue weighted by Gasteiger charge is 2.29. The fourth-order valence-corrected chi connectivity index (χ4v) is 2.68. The summed E-state index contributed by atoms with van der Waals surface area (Å²) >= 11 is 0. The highest BCUT2D eigenvalue weighted by Crippen LogP contribution is 2.34. The van der Waals surface area contributed by atoms with E-state index in [1.807, 2.05) is 0 Å². The molecule has 0 spiro atoms. The van der Waals surface area contributed by atoms with Crippen LogP contribution in [0.2, 0.25) is 0 Å². The first-order valence-corrected chi connectivity index (χ1v) is 6.99. The Labute approximate surface area is 118 Å². The molecule has 0 unspecified atom stereocenters. The van der Waals surface area contributed by atoms with Gasteiger partial charge >= 0.3 is 5.97 Å². The maximum atomic E-state index is 14.0. The molecule has 0 aromatic heterocycles. The Bertz CT molecular complexity index is 511. The van der Waals surface area contributed by atoms with Crippen LogP contribution in [0.5, 0.6) is 0 Å². The van der Waals surface area contributed by atoms with E-state index in [0.717, 1.165) is 25.7 Å². The van der Waals surface area contributed by atoms with Crippen molar-refractivity contribution in [3.8, 4) is 0 Å². The summed E-state index contributed by atoms with van der Waals surface area (Å²) in [6.07, 6.45) is 4.24.